The van der Waals surface area contributed by atoms with E-state index in [-0.39, 0.29) is 29.5 Å². The Hall–Kier alpha value is -1.45. The molecule has 0 spiro atoms. The van der Waals surface area contributed by atoms with Gasteiger partial charge in [0.15, 0.2) is 9.84 Å². The van der Waals surface area contributed by atoms with Crippen molar-refractivity contribution in [1.82, 2.24) is 19.9 Å². The molecule has 29 heavy (non-hydrogen) atoms. The number of hydrogen-bond acceptors (Lipinski definition) is 7. The van der Waals surface area contributed by atoms with Gasteiger partial charge < -0.3 is 9.42 Å². The first-order chi connectivity index (χ1) is 13.9. The minimum Gasteiger partial charge on any atom is -0.361 e. The average molecular weight is 425 g/mol. The molecule has 2 saturated heterocycles. The third-order valence-corrected chi connectivity index (χ3v) is 8.24. The van der Waals surface area contributed by atoms with Gasteiger partial charge in [-0.05, 0) is 26.2 Å². The Morgan fingerprint density at radius 1 is 1.14 bits per heavy atom. The van der Waals surface area contributed by atoms with E-state index in [1.807, 2.05) is 17.9 Å². The van der Waals surface area contributed by atoms with Crippen LogP contribution in [0.4, 0.5) is 0 Å². The Morgan fingerprint density at radius 3 is 2.41 bits per heavy atom. The third kappa shape index (κ3) is 5.19. The Balaban J connectivity index is 1.32. The molecule has 3 fully saturated rings. The SMILES string of the molecule is Cc1cc(CN2CCN(CC(=O)N(C3CCCC3)C3CCS(=O)(=O)C3)CC2)no1. The molecule has 0 N–H and O–H groups in total. The highest BCUT2D eigenvalue weighted by atomic mass is 32.2. The molecule has 1 aliphatic carbocycles. The number of hydrogen-bond donors (Lipinski definition) is 0. The van der Waals surface area contributed by atoms with Crippen molar-refractivity contribution in [2.75, 3.05) is 44.2 Å². The van der Waals surface area contributed by atoms with E-state index in [0.29, 0.717) is 13.0 Å². The van der Waals surface area contributed by atoms with Crippen LogP contribution < -0.4 is 0 Å². The lowest BCUT2D eigenvalue weighted by Gasteiger charge is -2.38. The summed E-state index contributed by atoms with van der Waals surface area (Å²) < 4.78 is 29.1. The molecule has 1 aromatic rings. The van der Waals surface area contributed by atoms with E-state index in [1.54, 1.807) is 0 Å². The molecule has 2 aliphatic heterocycles. The van der Waals surface area contributed by atoms with Crippen molar-refractivity contribution in [2.45, 2.75) is 57.7 Å². The predicted molar refractivity (Wildman–Crippen MR) is 109 cm³/mol. The normalized spacial score (nSPS) is 26.2. The minimum absolute atomic E-state index is 0.111. The molecule has 1 saturated carbocycles. The van der Waals surface area contributed by atoms with E-state index in [0.717, 1.165) is 69.9 Å². The molecule has 162 valence electrons. The Bertz CT molecular complexity index is 810. The van der Waals surface area contributed by atoms with Gasteiger partial charge in [0.2, 0.25) is 5.91 Å². The van der Waals surface area contributed by atoms with E-state index < -0.39 is 9.84 Å². The topological polar surface area (TPSA) is 87.0 Å². The fourth-order valence-corrected chi connectivity index (χ4v) is 6.69. The number of carbonyl (C=O) groups excluding carboxylic acids is 1. The molecule has 8 nitrogen and oxygen atoms in total. The number of sulfone groups is 1. The minimum atomic E-state index is -3.00. The zero-order valence-corrected chi connectivity index (χ0v) is 18.1. The van der Waals surface area contributed by atoms with Gasteiger partial charge in [0.1, 0.15) is 5.76 Å². The summed E-state index contributed by atoms with van der Waals surface area (Å²) in [6.45, 7) is 6.51. The first-order valence-corrected chi connectivity index (χ1v) is 12.6. The van der Waals surface area contributed by atoms with E-state index in [4.69, 9.17) is 4.52 Å². The lowest BCUT2D eigenvalue weighted by atomic mass is 10.1. The summed E-state index contributed by atoms with van der Waals surface area (Å²) in [6.07, 6.45) is 4.87. The van der Waals surface area contributed by atoms with Crippen molar-refractivity contribution in [2.24, 2.45) is 0 Å². The molecule has 3 heterocycles. The number of amides is 1. The third-order valence-electron chi connectivity index (χ3n) is 6.49. The molecule has 0 bridgehead atoms. The summed E-state index contributed by atoms with van der Waals surface area (Å²) in [5.74, 6) is 1.29. The van der Waals surface area contributed by atoms with Gasteiger partial charge in [0.05, 0.1) is 23.7 Å². The molecule has 0 radical (unpaired) electrons. The Labute approximate surface area is 173 Å². The zero-order chi connectivity index (χ0) is 20.4. The zero-order valence-electron chi connectivity index (χ0n) is 17.3. The Kier molecular flexibility index (Phi) is 6.27. The largest absolute Gasteiger partial charge is 0.361 e. The maximum atomic E-state index is 13.2. The van der Waals surface area contributed by atoms with E-state index in [2.05, 4.69) is 15.0 Å². The van der Waals surface area contributed by atoms with Gasteiger partial charge in [0, 0.05) is 50.9 Å². The second kappa shape index (κ2) is 8.73. The number of aromatic nitrogens is 1. The number of nitrogens with zero attached hydrogens (tertiary/aromatic N) is 4. The summed E-state index contributed by atoms with van der Waals surface area (Å²) in [5, 5.41) is 4.06. The summed E-state index contributed by atoms with van der Waals surface area (Å²) in [4.78, 5) is 19.7. The highest BCUT2D eigenvalue weighted by molar-refractivity contribution is 7.91. The van der Waals surface area contributed by atoms with Crippen LogP contribution in [0.25, 0.3) is 0 Å². The maximum absolute atomic E-state index is 13.2. The fraction of sp³-hybridized carbons (Fsp3) is 0.800. The van der Waals surface area contributed by atoms with Gasteiger partial charge in [-0.15, -0.1) is 0 Å². The van der Waals surface area contributed by atoms with Crippen molar-refractivity contribution in [3.63, 3.8) is 0 Å². The van der Waals surface area contributed by atoms with Crippen LogP contribution in [0.5, 0.6) is 0 Å². The quantitative estimate of drug-likeness (QED) is 0.675. The van der Waals surface area contributed by atoms with Gasteiger partial charge in [-0.25, -0.2) is 8.42 Å². The lowest BCUT2D eigenvalue weighted by Crippen LogP contribution is -2.53. The van der Waals surface area contributed by atoms with Crippen molar-refractivity contribution in [1.29, 1.82) is 0 Å². The first kappa shape index (κ1) is 20.8. The average Bonchev–Trinajstić information content (AvgIpc) is 3.40. The standard InChI is InChI=1S/C20H32N4O4S/c1-16-12-17(21-28-16)13-22-7-9-23(10-8-22)14-20(25)24(18-4-2-3-5-18)19-6-11-29(26,27)15-19/h12,18-19H,2-11,13-15H2,1H3. The molecule has 0 aromatic carbocycles. The number of rotatable bonds is 6. The molecule has 4 rings (SSSR count). The van der Waals surface area contributed by atoms with Gasteiger partial charge in [-0.2, -0.15) is 0 Å². The van der Waals surface area contributed by atoms with Gasteiger partial charge in [0.25, 0.3) is 0 Å². The summed E-state index contributed by atoms with van der Waals surface area (Å²) in [6, 6.07) is 2.05. The molecule has 1 amide bonds. The van der Waals surface area contributed by atoms with Crippen molar-refractivity contribution < 1.29 is 17.7 Å². The lowest BCUT2D eigenvalue weighted by molar-refractivity contribution is -0.137. The molecule has 1 unspecified atom stereocenters. The smallest absolute Gasteiger partial charge is 0.237 e. The highest BCUT2D eigenvalue weighted by Crippen LogP contribution is 2.29. The van der Waals surface area contributed by atoms with E-state index >= 15 is 0 Å². The van der Waals surface area contributed by atoms with E-state index in [1.165, 1.54) is 0 Å². The summed E-state index contributed by atoms with van der Waals surface area (Å²) >= 11 is 0. The van der Waals surface area contributed by atoms with Crippen molar-refractivity contribution in [3.8, 4) is 0 Å². The van der Waals surface area contributed by atoms with Gasteiger partial charge in [-0.1, -0.05) is 18.0 Å². The predicted octanol–water partition coefficient (Wildman–Crippen LogP) is 1.06. The van der Waals surface area contributed by atoms with Crippen LogP contribution in [0.2, 0.25) is 0 Å². The van der Waals surface area contributed by atoms with Gasteiger partial charge in [-0.3, -0.25) is 14.6 Å². The molecular formula is C20H32N4O4S. The van der Waals surface area contributed by atoms with Gasteiger partial charge >= 0.3 is 0 Å². The highest BCUT2D eigenvalue weighted by Gasteiger charge is 2.39. The van der Waals surface area contributed by atoms with Crippen LogP contribution >= 0.6 is 0 Å². The van der Waals surface area contributed by atoms with Crippen LogP contribution in [0.1, 0.15) is 43.6 Å². The number of piperazine rings is 1. The van der Waals surface area contributed by atoms with Crippen molar-refractivity contribution >= 4 is 15.7 Å². The number of aryl methyl sites for hydroxylation is 1. The van der Waals surface area contributed by atoms with E-state index in [9.17, 15) is 13.2 Å². The molecule has 3 aliphatic rings. The van der Waals surface area contributed by atoms with Crippen molar-refractivity contribution in [3.05, 3.63) is 17.5 Å². The molecule has 9 heteroatoms. The number of carbonyl (C=O) groups is 1. The Morgan fingerprint density at radius 2 is 1.83 bits per heavy atom. The molecule has 1 atom stereocenters. The van der Waals surface area contributed by atoms with Crippen LogP contribution in [0.3, 0.4) is 0 Å². The second-order valence-electron chi connectivity index (χ2n) is 8.78. The van der Waals surface area contributed by atoms with Crippen LogP contribution in [0, 0.1) is 6.92 Å². The summed E-state index contributed by atoms with van der Waals surface area (Å²) in [7, 11) is -3.00. The van der Waals surface area contributed by atoms with Crippen LogP contribution in [-0.2, 0) is 21.2 Å². The second-order valence-corrected chi connectivity index (χ2v) is 11.0. The van der Waals surface area contributed by atoms with Crippen LogP contribution in [-0.4, -0.2) is 90.5 Å². The fourth-order valence-electron chi connectivity index (χ4n) is 4.98. The molecule has 1 aromatic heterocycles. The summed E-state index contributed by atoms with van der Waals surface area (Å²) in [5.41, 5.74) is 0.946. The monoisotopic (exact) mass is 424 g/mol. The maximum Gasteiger partial charge on any atom is 0.237 e. The molecular weight excluding hydrogens is 392 g/mol. The van der Waals surface area contributed by atoms with Crippen LogP contribution in [0.15, 0.2) is 10.6 Å². The first-order valence-electron chi connectivity index (χ1n) is 10.8.